The standard InChI is InChI=1S/C11H14N4OS/c1-2-3-6-10-13-14-11(17)15(10)12-8-9-5-4-7-16-9/h4-5,7-8H,2-3,6H2,1H3,(H,14,17)/b12-8+. The van der Waals surface area contributed by atoms with E-state index in [1.807, 2.05) is 12.1 Å². The van der Waals surface area contributed by atoms with Gasteiger partial charge in [0.05, 0.1) is 12.5 Å². The number of aromatic amines is 1. The van der Waals surface area contributed by atoms with Crippen LogP contribution in [0.2, 0.25) is 0 Å². The summed E-state index contributed by atoms with van der Waals surface area (Å²) < 4.78 is 7.30. The lowest BCUT2D eigenvalue weighted by atomic mass is 10.2. The average Bonchev–Trinajstić information content (AvgIpc) is 2.94. The van der Waals surface area contributed by atoms with Crippen LogP contribution in [-0.2, 0) is 6.42 Å². The smallest absolute Gasteiger partial charge is 0.216 e. The van der Waals surface area contributed by atoms with Crippen LogP contribution < -0.4 is 0 Å². The summed E-state index contributed by atoms with van der Waals surface area (Å²) in [5.41, 5.74) is 0. The Bertz CT molecular complexity index is 538. The van der Waals surface area contributed by atoms with Crippen molar-refractivity contribution < 1.29 is 4.42 Å². The van der Waals surface area contributed by atoms with Gasteiger partial charge in [-0.15, -0.1) is 0 Å². The molecular formula is C11H14N4OS. The third kappa shape index (κ3) is 2.91. The van der Waals surface area contributed by atoms with Crippen molar-refractivity contribution in [1.29, 1.82) is 0 Å². The number of unbranched alkanes of at least 4 members (excludes halogenated alkanes) is 1. The van der Waals surface area contributed by atoms with Crippen LogP contribution >= 0.6 is 12.2 Å². The maximum Gasteiger partial charge on any atom is 0.216 e. The van der Waals surface area contributed by atoms with Gasteiger partial charge in [-0.05, 0) is 30.8 Å². The quantitative estimate of drug-likeness (QED) is 0.655. The number of hydrogen-bond acceptors (Lipinski definition) is 4. The zero-order chi connectivity index (χ0) is 12.1. The summed E-state index contributed by atoms with van der Waals surface area (Å²) in [6.45, 7) is 2.14. The van der Waals surface area contributed by atoms with Crippen molar-refractivity contribution in [2.24, 2.45) is 5.10 Å². The van der Waals surface area contributed by atoms with Crippen molar-refractivity contribution in [3.05, 3.63) is 34.8 Å². The summed E-state index contributed by atoms with van der Waals surface area (Å²) in [5.74, 6) is 1.54. The van der Waals surface area contributed by atoms with E-state index in [-0.39, 0.29) is 0 Å². The number of aryl methyl sites for hydroxylation is 1. The van der Waals surface area contributed by atoms with E-state index in [9.17, 15) is 0 Å². The van der Waals surface area contributed by atoms with Crippen LogP contribution in [0.3, 0.4) is 0 Å². The molecule has 0 aliphatic heterocycles. The first kappa shape index (κ1) is 11.8. The summed E-state index contributed by atoms with van der Waals surface area (Å²) in [4.78, 5) is 0. The second kappa shape index (κ2) is 5.58. The van der Waals surface area contributed by atoms with Crippen molar-refractivity contribution in [3.63, 3.8) is 0 Å². The Morgan fingerprint density at radius 3 is 3.24 bits per heavy atom. The predicted molar refractivity (Wildman–Crippen MR) is 67.7 cm³/mol. The molecule has 6 heteroatoms. The van der Waals surface area contributed by atoms with Crippen molar-refractivity contribution >= 4 is 18.4 Å². The molecule has 5 nitrogen and oxygen atoms in total. The molecule has 2 aromatic rings. The highest BCUT2D eigenvalue weighted by Crippen LogP contribution is 2.04. The fourth-order valence-electron chi connectivity index (χ4n) is 1.42. The molecular weight excluding hydrogens is 236 g/mol. The highest BCUT2D eigenvalue weighted by molar-refractivity contribution is 7.71. The summed E-state index contributed by atoms with van der Waals surface area (Å²) in [5, 5.41) is 11.2. The molecule has 1 N–H and O–H groups in total. The van der Waals surface area contributed by atoms with Gasteiger partial charge in [-0.1, -0.05) is 13.3 Å². The van der Waals surface area contributed by atoms with E-state index < -0.39 is 0 Å². The largest absolute Gasteiger partial charge is 0.463 e. The summed E-state index contributed by atoms with van der Waals surface area (Å²) in [6, 6.07) is 3.65. The number of nitrogens with one attached hydrogen (secondary N) is 1. The van der Waals surface area contributed by atoms with E-state index in [1.165, 1.54) is 0 Å². The fraction of sp³-hybridized carbons (Fsp3) is 0.364. The fourth-order valence-corrected chi connectivity index (χ4v) is 1.62. The van der Waals surface area contributed by atoms with E-state index in [4.69, 9.17) is 16.6 Å². The molecule has 0 aliphatic rings. The molecule has 0 amide bonds. The zero-order valence-corrected chi connectivity index (χ0v) is 10.4. The molecule has 0 spiro atoms. The first-order valence-corrected chi connectivity index (χ1v) is 5.96. The van der Waals surface area contributed by atoms with Crippen molar-refractivity contribution in [1.82, 2.24) is 14.9 Å². The topological polar surface area (TPSA) is 59.1 Å². The minimum absolute atomic E-state index is 0.499. The Balaban J connectivity index is 2.19. The van der Waals surface area contributed by atoms with E-state index in [0.717, 1.165) is 25.1 Å². The van der Waals surface area contributed by atoms with E-state index in [0.29, 0.717) is 10.5 Å². The van der Waals surface area contributed by atoms with Gasteiger partial charge < -0.3 is 4.42 Å². The Labute approximate surface area is 104 Å². The summed E-state index contributed by atoms with van der Waals surface area (Å²) in [6.07, 6.45) is 6.27. The van der Waals surface area contributed by atoms with Gasteiger partial charge in [0.15, 0.2) is 5.82 Å². The normalized spacial score (nSPS) is 11.4. The number of furan rings is 1. The molecule has 0 atom stereocenters. The molecule has 0 saturated carbocycles. The van der Waals surface area contributed by atoms with Gasteiger partial charge in [0.25, 0.3) is 0 Å². The Hall–Kier alpha value is -1.69. The van der Waals surface area contributed by atoms with Crippen molar-refractivity contribution in [2.45, 2.75) is 26.2 Å². The third-order valence-corrected chi connectivity index (χ3v) is 2.58. The van der Waals surface area contributed by atoms with Gasteiger partial charge in [0.1, 0.15) is 5.76 Å². The van der Waals surface area contributed by atoms with Gasteiger partial charge in [-0.2, -0.15) is 14.9 Å². The lowest BCUT2D eigenvalue weighted by molar-refractivity contribution is 0.559. The molecule has 0 aromatic carbocycles. The highest BCUT2D eigenvalue weighted by atomic mass is 32.1. The average molecular weight is 250 g/mol. The van der Waals surface area contributed by atoms with Crippen molar-refractivity contribution in [2.75, 3.05) is 0 Å². The third-order valence-electron chi connectivity index (χ3n) is 2.32. The van der Waals surface area contributed by atoms with Gasteiger partial charge >= 0.3 is 0 Å². The van der Waals surface area contributed by atoms with Crippen LogP contribution in [-0.4, -0.2) is 21.1 Å². The first-order valence-electron chi connectivity index (χ1n) is 5.55. The van der Waals surface area contributed by atoms with E-state index >= 15 is 0 Å². The van der Waals surface area contributed by atoms with Crippen LogP contribution in [0.1, 0.15) is 31.4 Å². The zero-order valence-electron chi connectivity index (χ0n) is 9.59. The van der Waals surface area contributed by atoms with Gasteiger partial charge in [0, 0.05) is 6.42 Å². The molecule has 0 radical (unpaired) electrons. The maximum absolute atomic E-state index is 5.17. The minimum Gasteiger partial charge on any atom is -0.463 e. The Morgan fingerprint density at radius 1 is 1.65 bits per heavy atom. The van der Waals surface area contributed by atoms with Gasteiger partial charge in [-0.3, -0.25) is 5.10 Å². The second-order valence-electron chi connectivity index (χ2n) is 3.62. The number of nitrogens with zero attached hydrogens (tertiary/aromatic N) is 3. The molecule has 0 bridgehead atoms. The molecule has 2 aromatic heterocycles. The molecule has 0 aliphatic carbocycles. The molecule has 0 unspecified atom stereocenters. The lowest BCUT2D eigenvalue weighted by Gasteiger charge is -1.98. The number of aromatic nitrogens is 3. The Morgan fingerprint density at radius 2 is 2.53 bits per heavy atom. The summed E-state index contributed by atoms with van der Waals surface area (Å²) in [7, 11) is 0. The molecule has 90 valence electrons. The molecule has 17 heavy (non-hydrogen) atoms. The van der Waals surface area contributed by atoms with E-state index in [1.54, 1.807) is 17.2 Å². The predicted octanol–water partition coefficient (Wildman–Crippen LogP) is 2.76. The van der Waals surface area contributed by atoms with Crippen molar-refractivity contribution in [3.8, 4) is 0 Å². The summed E-state index contributed by atoms with van der Waals surface area (Å²) >= 11 is 5.12. The van der Waals surface area contributed by atoms with Crippen LogP contribution in [0.5, 0.6) is 0 Å². The monoisotopic (exact) mass is 250 g/mol. The van der Waals surface area contributed by atoms with Crippen LogP contribution in [0.15, 0.2) is 27.9 Å². The van der Waals surface area contributed by atoms with Crippen LogP contribution in [0, 0.1) is 4.77 Å². The highest BCUT2D eigenvalue weighted by Gasteiger charge is 2.03. The minimum atomic E-state index is 0.499. The van der Waals surface area contributed by atoms with Crippen LogP contribution in [0.25, 0.3) is 0 Å². The maximum atomic E-state index is 5.17. The number of H-pyrrole nitrogens is 1. The first-order chi connectivity index (χ1) is 8.31. The number of rotatable bonds is 5. The molecule has 0 saturated heterocycles. The molecule has 2 rings (SSSR count). The van der Waals surface area contributed by atoms with Crippen LogP contribution in [0.4, 0.5) is 0 Å². The van der Waals surface area contributed by atoms with E-state index in [2.05, 4.69) is 22.2 Å². The number of hydrogen-bond donors (Lipinski definition) is 1. The lowest BCUT2D eigenvalue weighted by Crippen LogP contribution is -1.98. The second-order valence-corrected chi connectivity index (χ2v) is 4.01. The SMILES string of the molecule is CCCCc1n[nH]c(=S)n1/N=C/c1ccco1. The molecule has 2 heterocycles. The Kier molecular flexibility index (Phi) is 3.87. The van der Waals surface area contributed by atoms with Gasteiger partial charge in [0.2, 0.25) is 4.77 Å². The van der Waals surface area contributed by atoms with Gasteiger partial charge in [-0.25, -0.2) is 0 Å². The molecule has 0 fully saturated rings.